The van der Waals surface area contributed by atoms with Crippen molar-refractivity contribution in [3.8, 4) is 11.1 Å². The number of unbranched alkanes of at least 4 members (excludes halogenated alkanes) is 1. The molecule has 4 N–H and O–H groups in total. The molecule has 1 aromatic heterocycles. The molecule has 184 valence electrons. The van der Waals surface area contributed by atoms with Crippen molar-refractivity contribution in [1.82, 2.24) is 15.3 Å². The highest BCUT2D eigenvalue weighted by Crippen LogP contribution is 2.25. The van der Waals surface area contributed by atoms with Crippen LogP contribution in [0, 0.1) is 5.41 Å². The predicted octanol–water partition coefficient (Wildman–Crippen LogP) is 5.95. The van der Waals surface area contributed by atoms with Gasteiger partial charge in [0.2, 0.25) is 0 Å². The number of alkyl halides is 1. The molecule has 3 aromatic carbocycles. The Kier molecular flexibility index (Phi) is 7.85. The maximum Gasteiger partial charge on any atom is 0.336 e. The van der Waals surface area contributed by atoms with Crippen molar-refractivity contribution < 1.29 is 19.1 Å². The fourth-order valence-corrected chi connectivity index (χ4v) is 4.13. The Morgan fingerprint density at radius 3 is 2.44 bits per heavy atom. The normalized spacial score (nSPS) is 11.8. The highest BCUT2D eigenvalue weighted by atomic mass is 19.1. The van der Waals surface area contributed by atoms with Crippen LogP contribution in [0.2, 0.25) is 0 Å². The molecular formula is C28H27FN4O3. The number of nitrogens with zero attached hydrogens (tertiary/aromatic N) is 1. The van der Waals surface area contributed by atoms with E-state index in [-0.39, 0.29) is 16.8 Å². The molecule has 0 aliphatic carbocycles. The summed E-state index contributed by atoms with van der Waals surface area (Å²) in [6.07, 6.45) is 2.06. The summed E-state index contributed by atoms with van der Waals surface area (Å²) >= 11 is 0. The van der Waals surface area contributed by atoms with Crippen molar-refractivity contribution in [3.63, 3.8) is 0 Å². The number of rotatable bonds is 11. The van der Waals surface area contributed by atoms with Crippen LogP contribution in [0.1, 0.15) is 58.3 Å². The van der Waals surface area contributed by atoms with Gasteiger partial charge in [-0.1, -0.05) is 55.0 Å². The van der Waals surface area contributed by atoms with Crippen LogP contribution in [0.5, 0.6) is 0 Å². The van der Waals surface area contributed by atoms with Crippen LogP contribution in [0.3, 0.4) is 0 Å². The third-order valence-corrected chi connectivity index (χ3v) is 6.03. The number of para-hydroxylation sites is 2. The van der Waals surface area contributed by atoms with Crippen LogP contribution in [-0.4, -0.2) is 39.3 Å². The Morgan fingerprint density at radius 2 is 1.72 bits per heavy atom. The van der Waals surface area contributed by atoms with Crippen molar-refractivity contribution in [2.24, 2.45) is 0 Å². The van der Waals surface area contributed by atoms with E-state index < -0.39 is 24.6 Å². The highest BCUT2D eigenvalue weighted by molar-refractivity contribution is 6.05. The van der Waals surface area contributed by atoms with Crippen LogP contribution in [-0.2, 0) is 0 Å². The standard InChI is InChI=1S/C28H27FN4O3/c29-17-20(30)10-4-5-13-25(26-31-23-11-6-7-12-24(23)32-26)33-27(34)22-16-19(14-15-21(22)28(35)36)18-8-2-1-3-9-18/h1-3,6-9,11-12,14-16,25,30H,4-5,10,13,17H2,(H,31,32)(H,33,34)(H,35,36)/t25-/m0/s1. The topological polar surface area (TPSA) is 119 Å². The second-order valence-corrected chi connectivity index (χ2v) is 8.58. The lowest BCUT2D eigenvalue weighted by molar-refractivity contribution is 0.0690. The number of benzene rings is 3. The Labute approximate surface area is 207 Å². The number of aromatic amines is 1. The summed E-state index contributed by atoms with van der Waals surface area (Å²) in [6, 6.07) is 21.1. The average molecular weight is 487 g/mol. The van der Waals surface area contributed by atoms with Crippen molar-refractivity contribution >= 4 is 28.6 Å². The monoisotopic (exact) mass is 486 g/mol. The van der Waals surface area contributed by atoms with Crippen molar-refractivity contribution in [1.29, 1.82) is 5.41 Å². The lowest BCUT2D eigenvalue weighted by Crippen LogP contribution is -2.30. The van der Waals surface area contributed by atoms with Crippen LogP contribution in [0.15, 0.2) is 72.8 Å². The maximum absolute atomic E-state index is 13.4. The van der Waals surface area contributed by atoms with E-state index in [1.807, 2.05) is 54.6 Å². The summed E-state index contributed by atoms with van der Waals surface area (Å²) in [7, 11) is 0. The molecule has 0 fully saturated rings. The fourth-order valence-electron chi connectivity index (χ4n) is 4.13. The van der Waals surface area contributed by atoms with E-state index in [4.69, 9.17) is 5.41 Å². The van der Waals surface area contributed by atoms with Crippen molar-refractivity contribution in [2.45, 2.75) is 31.7 Å². The molecule has 36 heavy (non-hydrogen) atoms. The molecule has 4 aromatic rings. The van der Waals surface area contributed by atoms with Crippen molar-refractivity contribution in [2.75, 3.05) is 6.67 Å². The minimum absolute atomic E-state index is 0.0446. The number of hydrogen-bond donors (Lipinski definition) is 4. The molecule has 1 amide bonds. The summed E-state index contributed by atoms with van der Waals surface area (Å²) in [5.74, 6) is -1.15. The number of carbonyl (C=O) groups excluding carboxylic acids is 1. The van der Waals surface area contributed by atoms with Gasteiger partial charge in [-0.3, -0.25) is 4.79 Å². The second kappa shape index (κ2) is 11.4. The molecule has 0 bridgehead atoms. The summed E-state index contributed by atoms with van der Waals surface area (Å²) in [6.45, 7) is -0.764. The Balaban J connectivity index is 1.62. The third kappa shape index (κ3) is 5.83. The molecule has 1 atom stereocenters. The molecule has 7 nitrogen and oxygen atoms in total. The van der Waals surface area contributed by atoms with E-state index in [1.165, 1.54) is 6.07 Å². The fraction of sp³-hybridized carbons (Fsp3) is 0.214. The first kappa shape index (κ1) is 24.8. The van der Waals surface area contributed by atoms with Crippen molar-refractivity contribution in [3.05, 3.63) is 89.7 Å². The maximum atomic E-state index is 13.4. The third-order valence-electron chi connectivity index (χ3n) is 6.03. The Hall–Kier alpha value is -4.33. The number of aromatic nitrogens is 2. The van der Waals surface area contributed by atoms with Gasteiger partial charge >= 0.3 is 5.97 Å². The Bertz CT molecular complexity index is 1350. The first-order valence-electron chi connectivity index (χ1n) is 11.8. The lowest BCUT2D eigenvalue weighted by Gasteiger charge is -2.18. The van der Waals surface area contributed by atoms with E-state index in [1.54, 1.807) is 12.1 Å². The largest absolute Gasteiger partial charge is 0.478 e. The number of fused-ring (bicyclic) bond motifs is 1. The summed E-state index contributed by atoms with van der Waals surface area (Å²) in [4.78, 5) is 33.2. The predicted molar refractivity (Wildman–Crippen MR) is 137 cm³/mol. The number of nitrogens with one attached hydrogen (secondary N) is 3. The quantitative estimate of drug-likeness (QED) is 0.155. The number of imidazole rings is 1. The van der Waals surface area contributed by atoms with E-state index >= 15 is 0 Å². The first-order valence-corrected chi connectivity index (χ1v) is 11.8. The number of carbonyl (C=O) groups is 2. The molecule has 0 unspecified atom stereocenters. The van der Waals surface area contributed by atoms with Gasteiger partial charge in [-0.25, -0.2) is 14.2 Å². The minimum Gasteiger partial charge on any atom is -0.478 e. The van der Waals surface area contributed by atoms with Gasteiger partial charge < -0.3 is 20.8 Å². The lowest BCUT2D eigenvalue weighted by atomic mass is 9.98. The zero-order valence-electron chi connectivity index (χ0n) is 19.6. The zero-order chi connectivity index (χ0) is 25.5. The second-order valence-electron chi connectivity index (χ2n) is 8.58. The number of carboxylic acids is 1. The molecule has 0 saturated heterocycles. The first-order chi connectivity index (χ1) is 17.5. The SMILES string of the molecule is N=C(CF)CCCC[C@H](NC(=O)c1cc(-c2ccccc2)ccc1C(=O)O)c1nc2ccccc2[nH]1. The van der Waals surface area contributed by atoms with Gasteiger partial charge in [0.1, 0.15) is 12.5 Å². The molecule has 0 aliphatic heterocycles. The van der Waals surface area contributed by atoms with E-state index in [0.717, 1.165) is 22.2 Å². The smallest absolute Gasteiger partial charge is 0.336 e. The number of H-pyrrole nitrogens is 1. The molecule has 0 saturated carbocycles. The van der Waals surface area contributed by atoms with Gasteiger partial charge in [0, 0.05) is 5.71 Å². The molecular weight excluding hydrogens is 459 g/mol. The Morgan fingerprint density at radius 1 is 0.972 bits per heavy atom. The van der Waals surface area contributed by atoms with E-state index in [2.05, 4.69) is 15.3 Å². The number of aromatic carboxylic acids is 1. The number of halogens is 1. The van der Waals surface area contributed by atoms with Gasteiger partial charge in [-0.05, 0) is 54.7 Å². The summed E-state index contributed by atoms with van der Waals surface area (Å²) in [5.41, 5.74) is 3.19. The van der Waals surface area contributed by atoms with Gasteiger partial charge in [0.25, 0.3) is 5.91 Å². The van der Waals surface area contributed by atoms with Crippen LogP contribution < -0.4 is 5.32 Å². The summed E-state index contributed by atoms with van der Waals surface area (Å²) < 4.78 is 12.6. The molecule has 4 rings (SSSR count). The summed E-state index contributed by atoms with van der Waals surface area (Å²) in [5, 5.41) is 20.2. The zero-order valence-corrected chi connectivity index (χ0v) is 19.6. The molecule has 0 spiro atoms. The highest BCUT2D eigenvalue weighted by Gasteiger charge is 2.23. The number of carboxylic acid groups (broad SMARTS) is 1. The number of hydrogen-bond acceptors (Lipinski definition) is 4. The molecule has 8 heteroatoms. The van der Waals surface area contributed by atoms with Crippen LogP contribution >= 0.6 is 0 Å². The molecule has 0 aliphatic rings. The van der Waals surface area contributed by atoms with E-state index in [0.29, 0.717) is 31.5 Å². The molecule has 0 radical (unpaired) electrons. The number of amides is 1. The van der Waals surface area contributed by atoms with Crippen LogP contribution in [0.4, 0.5) is 4.39 Å². The van der Waals surface area contributed by atoms with Gasteiger partial charge in [-0.2, -0.15) is 0 Å². The average Bonchev–Trinajstić information content (AvgIpc) is 3.34. The van der Waals surface area contributed by atoms with Crippen LogP contribution in [0.25, 0.3) is 22.2 Å². The van der Waals surface area contributed by atoms with E-state index in [9.17, 15) is 19.1 Å². The van der Waals surface area contributed by atoms with Gasteiger partial charge in [-0.15, -0.1) is 0 Å². The molecule has 1 heterocycles. The minimum atomic E-state index is -1.19. The van der Waals surface area contributed by atoms with Gasteiger partial charge in [0.15, 0.2) is 0 Å². The van der Waals surface area contributed by atoms with Gasteiger partial charge in [0.05, 0.1) is 28.2 Å².